The highest BCUT2D eigenvalue weighted by molar-refractivity contribution is 7.80. The lowest BCUT2D eigenvalue weighted by molar-refractivity contribution is 0.176. The molecule has 2 unspecified atom stereocenters. The van der Waals surface area contributed by atoms with Gasteiger partial charge in [0.25, 0.3) is 0 Å². The summed E-state index contributed by atoms with van der Waals surface area (Å²) >= 11 is 5.01. The number of thiocarbonyl (C=S) groups is 1. The zero-order valence-corrected chi connectivity index (χ0v) is 10.0. The molecule has 0 spiro atoms. The van der Waals surface area contributed by atoms with Crippen LogP contribution in [-0.2, 0) is 4.74 Å². The van der Waals surface area contributed by atoms with Gasteiger partial charge in [-0.3, -0.25) is 5.32 Å². The fraction of sp³-hybridized carbons (Fsp3) is 0.800. The molecule has 5 heteroatoms. The predicted octanol–water partition coefficient (Wildman–Crippen LogP) is 1.80. The Bertz CT molecular complexity index is 246. The zero-order valence-electron chi connectivity index (χ0n) is 9.21. The van der Waals surface area contributed by atoms with Gasteiger partial charge in [-0.25, -0.2) is 4.79 Å². The maximum Gasteiger partial charge on any atom is 0.413 e. The smallest absolute Gasteiger partial charge is 0.413 e. The van der Waals surface area contributed by atoms with Crippen molar-refractivity contribution in [2.45, 2.75) is 38.6 Å². The van der Waals surface area contributed by atoms with Crippen molar-refractivity contribution in [3.05, 3.63) is 0 Å². The molecule has 4 nitrogen and oxygen atoms in total. The van der Waals surface area contributed by atoms with Gasteiger partial charge in [0.15, 0.2) is 5.11 Å². The van der Waals surface area contributed by atoms with Gasteiger partial charge in [-0.2, -0.15) is 0 Å². The SMILES string of the molecule is COC(=O)NC(=S)NC1CCCCC1C. The van der Waals surface area contributed by atoms with E-state index in [2.05, 4.69) is 22.3 Å². The Morgan fingerprint density at radius 3 is 2.67 bits per heavy atom. The molecule has 0 bridgehead atoms. The van der Waals surface area contributed by atoms with E-state index in [1.54, 1.807) is 0 Å². The molecule has 0 aromatic heterocycles. The van der Waals surface area contributed by atoms with Crippen LogP contribution >= 0.6 is 12.2 Å². The first-order chi connectivity index (χ1) is 7.13. The van der Waals surface area contributed by atoms with Crippen LogP contribution in [0.5, 0.6) is 0 Å². The third kappa shape index (κ3) is 4.03. The van der Waals surface area contributed by atoms with E-state index in [9.17, 15) is 4.79 Å². The second kappa shape index (κ2) is 5.90. The van der Waals surface area contributed by atoms with Crippen LogP contribution in [0.1, 0.15) is 32.6 Å². The largest absolute Gasteiger partial charge is 0.453 e. The van der Waals surface area contributed by atoms with E-state index in [0.717, 1.165) is 6.42 Å². The van der Waals surface area contributed by atoms with Crippen LogP contribution in [0, 0.1) is 5.92 Å². The van der Waals surface area contributed by atoms with Gasteiger partial charge in [-0.05, 0) is 31.0 Å². The molecule has 0 heterocycles. The number of hydrogen-bond donors (Lipinski definition) is 2. The Hall–Kier alpha value is -0.840. The number of rotatable bonds is 1. The van der Waals surface area contributed by atoms with Crippen molar-refractivity contribution >= 4 is 23.4 Å². The van der Waals surface area contributed by atoms with Gasteiger partial charge in [0.2, 0.25) is 0 Å². The van der Waals surface area contributed by atoms with Crippen molar-refractivity contribution in [1.29, 1.82) is 0 Å². The van der Waals surface area contributed by atoms with Gasteiger partial charge in [-0.1, -0.05) is 19.8 Å². The maximum atomic E-state index is 10.9. The molecule has 1 aliphatic carbocycles. The van der Waals surface area contributed by atoms with E-state index in [-0.39, 0.29) is 0 Å². The van der Waals surface area contributed by atoms with E-state index < -0.39 is 6.09 Å². The predicted molar refractivity (Wildman–Crippen MR) is 62.7 cm³/mol. The van der Waals surface area contributed by atoms with Gasteiger partial charge in [0.05, 0.1) is 7.11 Å². The van der Waals surface area contributed by atoms with E-state index in [4.69, 9.17) is 12.2 Å². The van der Waals surface area contributed by atoms with Crippen LogP contribution < -0.4 is 10.6 Å². The van der Waals surface area contributed by atoms with Gasteiger partial charge in [0.1, 0.15) is 0 Å². The van der Waals surface area contributed by atoms with Crippen molar-refractivity contribution in [2.24, 2.45) is 5.92 Å². The summed E-state index contributed by atoms with van der Waals surface area (Å²) < 4.78 is 4.46. The van der Waals surface area contributed by atoms with Gasteiger partial charge in [-0.15, -0.1) is 0 Å². The fourth-order valence-corrected chi connectivity index (χ4v) is 2.11. The lowest BCUT2D eigenvalue weighted by Gasteiger charge is -2.30. The Kier molecular flexibility index (Phi) is 4.81. The number of nitrogens with one attached hydrogen (secondary N) is 2. The average molecular weight is 230 g/mol. The van der Waals surface area contributed by atoms with Crippen molar-refractivity contribution in [3.8, 4) is 0 Å². The van der Waals surface area contributed by atoms with E-state index in [0.29, 0.717) is 17.1 Å². The molecule has 1 amide bonds. The third-order valence-corrected chi connectivity index (χ3v) is 3.05. The second-order valence-corrected chi connectivity index (χ2v) is 4.37. The van der Waals surface area contributed by atoms with E-state index >= 15 is 0 Å². The highest BCUT2D eigenvalue weighted by Gasteiger charge is 2.21. The summed E-state index contributed by atoms with van der Waals surface area (Å²) in [5.41, 5.74) is 0. The van der Waals surface area contributed by atoms with Gasteiger partial charge >= 0.3 is 6.09 Å². The summed E-state index contributed by atoms with van der Waals surface area (Å²) in [5, 5.41) is 5.97. The quantitative estimate of drug-likeness (QED) is 0.674. The molecule has 15 heavy (non-hydrogen) atoms. The fourth-order valence-electron chi connectivity index (χ4n) is 1.88. The third-order valence-electron chi connectivity index (χ3n) is 2.83. The van der Waals surface area contributed by atoms with Crippen LogP contribution in [0.25, 0.3) is 0 Å². The minimum atomic E-state index is -0.518. The molecule has 1 rings (SSSR count). The molecule has 2 atom stereocenters. The van der Waals surface area contributed by atoms with Crippen molar-refractivity contribution < 1.29 is 9.53 Å². The topological polar surface area (TPSA) is 50.4 Å². The molecular formula is C10H18N2O2S. The minimum Gasteiger partial charge on any atom is -0.453 e. The number of amides is 1. The average Bonchev–Trinajstić information content (AvgIpc) is 2.21. The van der Waals surface area contributed by atoms with Crippen molar-refractivity contribution in [1.82, 2.24) is 10.6 Å². The summed E-state index contributed by atoms with van der Waals surface area (Å²) in [6, 6.07) is 0.378. The maximum absolute atomic E-state index is 10.9. The Balaban J connectivity index is 2.33. The molecule has 1 fully saturated rings. The number of carbonyl (C=O) groups is 1. The first kappa shape index (κ1) is 12.2. The lowest BCUT2D eigenvalue weighted by atomic mass is 9.86. The lowest BCUT2D eigenvalue weighted by Crippen LogP contribution is -2.47. The summed E-state index contributed by atoms with van der Waals surface area (Å²) in [4.78, 5) is 10.9. The van der Waals surface area contributed by atoms with Crippen LogP contribution in [0.4, 0.5) is 4.79 Å². The number of hydrogen-bond acceptors (Lipinski definition) is 3. The summed E-state index contributed by atoms with van der Waals surface area (Å²) in [7, 11) is 1.32. The van der Waals surface area contributed by atoms with E-state index in [1.807, 2.05) is 0 Å². The summed E-state index contributed by atoms with van der Waals surface area (Å²) in [6.07, 6.45) is 4.33. The number of carbonyl (C=O) groups excluding carboxylic acids is 1. The van der Waals surface area contributed by atoms with Crippen molar-refractivity contribution in [2.75, 3.05) is 7.11 Å². The van der Waals surface area contributed by atoms with Crippen LogP contribution in [0.2, 0.25) is 0 Å². The zero-order chi connectivity index (χ0) is 11.3. The Morgan fingerprint density at radius 1 is 1.40 bits per heavy atom. The number of ether oxygens (including phenoxy) is 1. The summed E-state index contributed by atoms with van der Waals surface area (Å²) in [5.74, 6) is 0.608. The van der Waals surface area contributed by atoms with Crippen LogP contribution in [0.3, 0.4) is 0 Å². The Morgan fingerprint density at radius 2 is 2.07 bits per heavy atom. The standard InChI is InChI=1S/C10H18N2O2S/c1-7-5-3-4-6-8(7)11-9(15)12-10(13)14-2/h7-8H,3-6H2,1-2H3,(H2,11,12,13,15). The molecular weight excluding hydrogens is 212 g/mol. The highest BCUT2D eigenvalue weighted by Crippen LogP contribution is 2.23. The monoisotopic (exact) mass is 230 g/mol. The van der Waals surface area contributed by atoms with Crippen LogP contribution in [0.15, 0.2) is 0 Å². The molecule has 0 aliphatic heterocycles. The molecule has 1 saturated carbocycles. The highest BCUT2D eigenvalue weighted by atomic mass is 32.1. The molecule has 0 aromatic rings. The second-order valence-electron chi connectivity index (χ2n) is 3.96. The van der Waals surface area contributed by atoms with Crippen LogP contribution in [-0.4, -0.2) is 24.4 Å². The van der Waals surface area contributed by atoms with Gasteiger partial charge < -0.3 is 10.1 Å². The summed E-state index contributed by atoms with van der Waals surface area (Å²) in [6.45, 7) is 2.21. The van der Waals surface area contributed by atoms with Crippen molar-refractivity contribution in [3.63, 3.8) is 0 Å². The minimum absolute atomic E-state index is 0.362. The number of alkyl carbamates (subject to hydrolysis) is 1. The molecule has 1 aliphatic rings. The van der Waals surface area contributed by atoms with E-state index in [1.165, 1.54) is 26.4 Å². The first-order valence-electron chi connectivity index (χ1n) is 5.29. The first-order valence-corrected chi connectivity index (χ1v) is 5.69. The molecule has 86 valence electrons. The number of methoxy groups -OCH3 is 1. The van der Waals surface area contributed by atoms with Gasteiger partial charge in [0, 0.05) is 6.04 Å². The molecule has 0 aromatic carbocycles. The Labute approximate surface area is 95.8 Å². The molecule has 0 saturated heterocycles. The molecule has 2 N–H and O–H groups in total. The molecule has 0 radical (unpaired) electrons. The normalized spacial score (nSPS) is 25.5.